The fourth-order valence-electron chi connectivity index (χ4n) is 2.26. The zero-order valence-corrected chi connectivity index (χ0v) is 12.7. The summed E-state index contributed by atoms with van der Waals surface area (Å²) < 4.78 is 0. The van der Waals surface area contributed by atoms with Crippen LogP contribution in [0.4, 0.5) is 5.69 Å². The van der Waals surface area contributed by atoms with Crippen molar-refractivity contribution in [3.8, 4) is 0 Å². The lowest BCUT2D eigenvalue weighted by atomic mass is 9.92. The average molecular weight is 289 g/mol. The summed E-state index contributed by atoms with van der Waals surface area (Å²) in [6.45, 7) is 4.81. The molecule has 106 valence electrons. The second-order valence-corrected chi connectivity index (χ2v) is 5.94. The molecule has 0 aliphatic heterocycles. The first-order chi connectivity index (χ1) is 9.52. The molecule has 1 atom stereocenters. The van der Waals surface area contributed by atoms with Gasteiger partial charge in [0, 0.05) is 17.3 Å². The van der Waals surface area contributed by atoms with Crippen molar-refractivity contribution >= 4 is 17.3 Å². The number of rotatable bonds is 5. The van der Waals surface area contributed by atoms with Crippen LogP contribution in [0.2, 0.25) is 5.02 Å². The Kier molecular flexibility index (Phi) is 4.69. The van der Waals surface area contributed by atoms with Gasteiger partial charge in [0.05, 0.1) is 5.54 Å². The molecule has 0 aliphatic carbocycles. The van der Waals surface area contributed by atoms with Gasteiger partial charge in [0.25, 0.3) is 0 Å². The Hall–Kier alpha value is -1.51. The molecular weight excluding hydrogens is 268 g/mol. The van der Waals surface area contributed by atoms with Crippen LogP contribution in [0.3, 0.4) is 0 Å². The first-order valence-corrected chi connectivity index (χ1v) is 7.18. The predicted octanol–water partition coefficient (Wildman–Crippen LogP) is 4.02. The Balaban J connectivity index is 2.17. The van der Waals surface area contributed by atoms with E-state index in [1.54, 1.807) is 0 Å². The van der Waals surface area contributed by atoms with Gasteiger partial charge >= 0.3 is 0 Å². The first-order valence-electron chi connectivity index (χ1n) is 6.81. The number of hydrogen-bond donors (Lipinski definition) is 2. The van der Waals surface area contributed by atoms with Crippen LogP contribution in [0.25, 0.3) is 0 Å². The summed E-state index contributed by atoms with van der Waals surface area (Å²) in [5.74, 6) is 0. The molecule has 1 unspecified atom stereocenters. The van der Waals surface area contributed by atoms with Gasteiger partial charge in [0.2, 0.25) is 0 Å². The lowest BCUT2D eigenvalue weighted by molar-refractivity contribution is 0.520. The lowest BCUT2D eigenvalue weighted by Gasteiger charge is -2.31. The van der Waals surface area contributed by atoms with Gasteiger partial charge in [0.15, 0.2) is 0 Å². The molecule has 0 aromatic heterocycles. The molecule has 0 saturated carbocycles. The van der Waals surface area contributed by atoms with Crippen molar-refractivity contribution < 1.29 is 0 Å². The van der Waals surface area contributed by atoms with Gasteiger partial charge in [-0.1, -0.05) is 41.9 Å². The molecule has 0 saturated heterocycles. The molecule has 0 aliphatic rings. The molecule has 2 aromatic rings. The molecule has 0 amide bonds. The maximum atomic E-state index is 5.99. The number of nitrogens with one attached hydrogen (secondary N) is 1. The van der Waals surface area contributed by atoms with Crippen molar-refractivity contribution in [2.24, 2.45) is 5.73 Å². The van der Waals surface area contributed by atoms with Crippen LogP contribution in [0.5, 0.6) is 0 Å². The molecule has 0 fully saturated rings. The van der Waals surface area contributed by atoms with E-state index in [-0.39, 0.29) is 5.54 Å². The highest BCUT2D eigenvalue weighted by atomic mass is 35.5. The van der Waals surface area contributed by atoms with Crippen molar-refractivity contribution in [2.75, 3.05) is 11.9 Å². The monoisotopic (exact) mass is 288 g/mol. The van der Waals surface area contributed by atoms with E-state index in [4.69, 9.17) is 17.3 Å². The number of para-hydroxylation sites is 1. The van der Waals surface area contributed by atoms with Gasteiger partial charge in [-0.2, -0.15) is 0 Å². The molecule has 20 heavy (non-hydrogen) atoms. The summed E-state index contributed by atoms with van der Waals surface area (Å²) in [4.78, 5) is 0. The standard InChI is InChI=1S/C17H21ClN2/c1-13-5-3-4-6-16(13)20-17(2,12-19)11-14-7-9-15(18)10-8-14/h3-10,20H,11-12,19H2,1-2H3. The van der Waals surface area contributed by atoms with Crippen molar-refractivity contribution in [2.45, 2.75) is 25.8 Å². The largest absolute Gasteiger partial charge is 0.378 e. The second-order valence-electron chi connectivity index (χ2n) is 5.51. The number of hydrogen-bond acceptors (Lipinski definition) is 2. The third-order valence-electron chi connectivity index (χ3n) is 3.54. The minimum absolute atomic E-state index is 0.181. The van der Waals surface area contributed by atoms with Crippen LogP contribution < -0.4 is 11.1 Å². The predicted molar refractivity (Wildman–Crippen MR) is 87.4 cm³/mol. The van der Waals surface area contributed by atoms with Gasteiger partial charge < -0.3 is 11.1 Å². The van der Waals surface area contributed by atoms with E-state index < -0.39 is 0 Å². The van der Waals surface area contributed by atoms with Gasteiger partial charge in [-0.15, -0.1) is 0 Å². The molecular formula is C17H21ClN2. The number of halogens is 1. The zero-order valence-electron chi connectivity index (χ0n) is 12.0. The van der Waals surface area contributed by atoms with Crippen LogP contribution >= 0.6 is 11.6 Å². The van der Waals surface area contributed by atoms with E-state index in [1.165, 1.54) is 11.1 Å². The molecule has 0 spiro atoms. The van der Waals surface area contributed by atoms with Crippen LogP contribution in [0.15, 0.2) is 48.5 Å². The minimum Gasteiger partial charge on any atom is -0.378 e. The van der Waals surface area contributed by atoms with E-state index in [1.807, 2.05) is 24.3 Å². The summed E-state index contributed by atoms with van der Waals surface area (Å²) in [6.07, 6.45) is 0.856. The Morgan fingerprint density at radius 3 is 2.35 bits per heavy atom. The quantitative estimate of drug-likeness (QED) is 0.872. The van der Waals surface area contributed by atoms with E-state index in [0.717, 1.165) is 17.1 Å². The summed E-state index contributed by atoms with van der Waals surface area (Å²) >= 11 is 5.93. The fraction of sp³-hybridized carbons (Fsp3) is 0.294. The van der Waals surface area contributed by atoms with Gasteiger partial charge in [-0.3, -0.25) is 0 Å². The molecule has 0 heterocycles. The third-order valence-corrected chi connectivity index (χ3v) is 3.79. The molecule has 2 aromatic carbocycles. The number of nitrogens with two attached hydrogens (primary N) is 1. The van der Waals surface area contributed by atoms with E-state index in [9.17, 15) is 0 Å². The minimum atomic E-state index is -0.181. The normalized spacial score (nSPS) is 13.8. The lowest BCUT2D eigenvalue weighted by Crippen LogP contribution is -2.44. The van der Waals surface area contributed by atoms with Crippen molar-refractivity contribution in [1.82, 2.24) is 0 Å². The zero-order chi connectivity index (χ0) is 14.6. The Morgan fingerprint density at radius 1 is 1.10 bits per heavy atom. The highest BCUT2D eigenvalue weighted by Crippen LogP contribution is 2.22. The molecule has 2 nitrogen and oxygen atoms in total. The molecule has 3 N–H and O–H groups in total. The average Bonchev–Trinajstić information content (AvgIpc) is 2.44. The SMILES string of the molecule is Cc1ccccc1NC(C)(CN)Cc1ccc(Cl)cc1. The highest BCUT2D eigenvalue weighted by Gasteiger charge is 2.23. The second kappa shape index (κ2) is 6.29. The molecule has 0 radical (unpaired) electrons. The maximum Gasteiger partial charge on any atom is 0.0507 e. The Bertz CT molecular complexity index is 565. The maximum absolute atomic E-state index is 5.99. The van der Waals surface area contributed by atoms with Crippen LogP contribution in [-0.2, 0) is 6.42 Å². The fourth-order valence-corrected chi connectivity index (χ4v) is 2.38. The number of benzene rings is 2. The first kappa shape index (κ1) is 14.9. The van der Waals surface area contributed by atoms with Crippen LogP contribution in [-0.4, -0.2) is 12.1 Å². The molecule has 0 bridgehead atoms. The highest BCUT2D eigenvalue weighted by molar-refractivity contribution is 6.30. The Morgan fingerprint density at radius 2 is 1.75 bits per heavy atom. The summed E-state index contributed by atoms with van der Waals surface area (Å²) in [6, 6.07) is 16.2. The third kappa shape index (κ3) is 3.75. The van der Waals surface area contributed by atoms with Crippen molar-refractivity contribution in [1.29, 1.82) is 0 Å². The molecule has 3 heteroatoms. The number of anilines is 1. The van der Waals surface area contributed by atoms with Crippen molar-refractivity contribution in [3.63, 3.8) is 0 Å². The Labute approximate surface area is 126 Å². The van der Waals surface area contributed by atoms with E-state index >= 15 is 0 Å². The number of aryl methyl sites for hydroxylation is 1. The van der Waals surface area contributed by atoms with E-state index in [0.29, 0.717) is 6.54 Å². The van der Waals surface area contributed by atoms with Crippen LogP contribution in [0, 0.1) is 6.92 Å². The van der Waals surface area contributed by atoms with Crippen molar-refractivity contribution in [3.05, 3.63) is 64.7 Å². The van der Waals surface area contributed by atoms with Gasteiger partial charge in [0.1, 0.15) is 0 Å². The van der Waals surface area contributed by atoms with Crippen LogP contribution in [0.1, 0.15) is 18.1 Å². The van der Waals surface area contributed by atoms with Gasteiger partial charge in [-0.05, 0) is 49.6 Å². The smallest absolute Gasteiger partial charge is 0.0507 e. The summed E-state index contributed by atoms with van der Waals surface area (Å²) in [5.41, 5.74) is 9.40. The summed E-state index contributed by atoms with van der Waals surface area (Å²) in [7, 11) is 0. The molecule has 2 rings (SSSR count). The summed E-state index contributed by atoms with van der Waals surface area (Å²) in [5, 5.41) is 4.34. The topological polar surface area (TPSA) is 38.0 Å². The van der Waals surface area contributed by atoms with Gasteiger partial charge in [-0.25, -0.2) is 0 Å². The van der Waals surface area contributed by atoms with E-state index in [2.05, 4.69) is 43.4 Å².